The monoisotopic (exact) mass is 365 g/mol. The fraction of sp³-hybridized carbons (Fsp3) is 0.458. The molecule has 1 aliphatic carbocycles. The van der Waals surface area contributed by atoms with Gasteiger partial charge in [-0.15, -0.1) is 0 Å². The molecule has 2 aromatic rings. The summed E-state index contributed by atoms with van der Waals surface area (Å²) in [7, 11) is 0. The van der Waals surface area contributed by atoms with Gasteiger partial charge in [-0.05, 0) is 79.8 Å². The molecule has 0 aromatic heterocycles. The van der Waals surface area contributed by atoms with Gasteiger partial charge >= 0.3 is 0 Å². The van der Waals surface area contributed by atoms with Crippen molar-refractivity contribution in [2.75, 3.05) is 0 Å². The standard InChI is InChI=1S/C24H31NO2/c1-4-18-10-12-19(13-11-18)17(3)25-24(26)23(5-2)27-22-15-14-20-8-6-7-9-21(20)16-22/h10-17,23H,4-9H2,1-3H3,(H,25,26)/t17-,23-/m1/s1. The number of fused-ring (bicyclic) bond motifs is 1. The molecule has 0 saturated carbocycles. The Hall–Kier alpha value is -2.29. The average molecular weight is 366 g/mol. The number of carbonyl (C=O) groups is 1. The Morgan fingerprint density at radius 2 is 1.74 bits per heavy atom. The molecular formula is C24H31NO2. The maximum atomic E-state index is 12.7. The first kappa shape index (κ1) is 19.5. The lowest BCUT2D eigenvalue weighted by Crippen LogP contribution is -2.39. The van der Waals surface area contributed by atoms with Crippen molar-refractivity contribution in [2.45, 2.75) is 71.4 Å². The Balaban J connectivity index is 1.63. The first-order chi connectivity index (χ1) is 13.1. The molecule has 1 amide bonds. The molecule has 0 aliphatic heterocycles. The molecule has 3 heteroatoms. The van der Waals surface area contributed by atoms with Crippen molar-refractivity contribution >= 4 is 5.91 Å². The Labute approximate surface area is 163 Å². The summed E-state index contributed by atoms with van der Waals surface area (Å²) in [5.41, 5.74) is 5.22. The first-order valence-electron chi connectivity index (χ1n) is 10.3. The van der Waals surface area contributed by atoms with Crippen molar-refractivity contribution in [3.63, 3.8) is 0 Å². The van der Waals surface area contributed by atoms with E-state index in [1.54, 1.807) is 0 Å². The van der Waals surface area contributed by atoms with Crippen molar-refractivity contribution in [1.29, 1.82) is 0 Å². The summed E-state index contributed by atoms with van der Waals surface area (Å²) in [6.07, 6.45) is 5.97. The summed E-state index contributed by atoms with van der Waals surface area (Å²) in [6, 6.07) is 14.7. The number of hydrogen-bond donors (Lipinski definition) is 1. The number of aryl methyl sites for hydroxylation is 3. The van der Waals surface area contributed by atoms with Crippen molar-refractivity contribution < 1.29 is 9.53 Å². The van der Waals surface area contributed by atoms with Crippen LogP contribution in [0.15, 0.2) is 42.5 Å². The highest BCUT2D eigenvalue weighted by molar-refractivity contribution is 5.81. The van der Waals surface area contributed by atoms with E-state index >= 15 is 0 Å². The summed E-state index contributed by atoms with van der Waals surface area (Å²) < 4.78 is 6.05. The van der Waals surface area contributed by atoms with Gasteiger partial charge in [-0.3, -0.25) is 4.79 Å². The summed E-state index contributed by atoms with van der Waals surface area (Å²) in [6.45, 7) is 6.15. The van der Waals surface area contributed by atoms with Crippen LogP contribution in [0, 0.1) is 0 Å². The second-order valence-corrected chi connectivity index (χ2v) is 7.48. The predicted molar refractivity (Wildman–Crippen MR) is 110 cm³/mol. The van der Waals surface area contributed by atoms with Gasteiger partial charge in [-0.1, -0.05) is 44.2 Å². The minimum atomic E-state index is -0.469. The molecule has 0 bridgehead atoms. The van der Waals surface area contributed by atoms with Crippen LogP contribution in [0.1, 0.15) is 68.3 Å². The van der Waals surface area contributed by atoms with Gasteiger partial charge in [-0.2, -0.15) is 0 Å². The third-order valence-corrected chi connectivity index (χ3v) is 5.51. The maximum Gasteiger partial charge on any atom is 0.261 e. The van der Waals surface area contributed by atoms with Crippen LogP contribution in [0.4, 0.5) is 0 Å². The molecule has 0 radical (unpaired) electrons. The van der Waals surface area contributed by atoms with E-state index in [0.717, 1.165) is 30.6 Å². The lowest BCUT2D eigenvalue weighted by Gasteiger charge is -2.22. The van der Waals surface area contributed by atoms with E-state index in [4.69, 9.17) is 4.74 Å². The molecule has 1 aliphatic rings. The van der Waals surface area contributed by atoms with Crippen LogP contribution in [-0.2, 0) is 24.1 Å². The largest absolute Gasteiger partial charge is 0.481 e. The molecular weight excluding hydrogens is 334 g/mol. The molecule has 0 fully saturated rings. The molecule has 0 heterocycles. The molecule has 0 spiro atoms. The number of ether oxygens (including phenoxy) is 1. The van der Waals surface area contributed by atoms with Crippen LogP contribution in [0.3, 0.4) is 0 Å². The summed E-state index contributed by atoms with van der Waals surface area (Å²) in [5.74, 6) is 0.750. The lowest BCUT2D eigenvalue weighted by molar-refractivity contribution is -0.128. The first-order valence-corrected chi connectivity index (χ1v) is 10.3. The minimum Gasteiger partial charge on any atom is -0.481 e. The van der Waals surface area contributed by atoms with E-state index in [-0.39, 0.29) is 11.9 Å². The van der Waals surface area contributed by atoms with Crippen LogP contribution in [0.2, 0.25) is 0 Å². The highest BCUT2D eigenvalue weighted by Gasteiger charge is 2.21. The number of carbonyl (C=O) groups excluding carboxylic acids is 1. The third kappa shape index (κ3) is 4.91. The van der Waals surface area contributed by atoms with Gasteiger partial charge in [0.2, 0.25) is 0 Å². The quantitative estimate of drug-likeness (QED) is 0.736. The van der Waals surface area contributed by atoms with Crippen molar-refractivity contribution in [1.82, 2.24) is 5.32 Å². The van der Waals surface area contributed by atoms with E-state index in [2.05, 4.69) is 48.6 Å². The normalized spacial score (nSPS) is 15.5. The van der Waals surface area contributed by atoms with Crippen LogP contribution < -0.4 is 10.1 Å². The highest BCUT2D eigenvalue weighted by atomic mass is 16.5. The van der Waals surface area contributed by atoms with E-state index < -0.39 is 6.10 Å². The fourth-order valence-electron chi connectivity index (χ4n) is 3.70. The van der Waals surface area contributed by atoms with E-state index in [0.29, 0.717) is 6.42 Å². The zero-order valence-electron chi connectivity index (χ0n) is 16.8. The van der Waals surface area contributed by atoms with E-state index in [9.17, 15) is 4.79 Å². The van der Waals surface area contributed by atoms with Gasteiger partial charge in [-0.25, -0.2) is 0 Å². The Kier molecular flexibility index (Phi) is 6.54. The van der Waals surface area contributed by atoms with Crippen LogP contribution >= 0.6 is 0 Å². The summed E-state index contributed by atoms with van der Waals surface area (Å²) in [4.78, 5) is 12.7. The SMILES string of the molecule is CCc1ccc([C@@H](C)NC(=O)[C@@H](CC)Oc2ccc3c(c2)CCCC3)cc1. The van der Waals surface area contributed by atoms with Crippen LogP contribution in [-0.4, -0.2) is 12.0 Å². The molecule has 0 unspecified atom stereocenters. The number of nitrogens with one attached hydrogen (secondary N) is 1. The number of rotatable bonds is 7. The van der Waals surface area contributed by atoms with Crippen molar-refractivity contribution in [2.24, 2.45) is 0 Å². The van der Waals surface area contributed by atoms with E-state index in [1.807, 2.05) is 19.9 Å². The second-order valence-electron chi connectivity index (χ2n) is 7.48. The second kappa shape index (κ2) is 9.07. The number of hydrogen-bond acceptors (Lipinski definition) is 2. The number of benzene rings is 2. The zero-order chi connectivity index (χ0) is 19.2. The van der Waals surface area contributed by atoms with Crippen LogP contribution in [0.25, 0.3) is 0 Å². The van der Waals surface area contributed by atoms with Gasteiger partial charge in [0.05, 0.1) is 6.04 Å². The molecule has 2 atom stereocenters. The molecule has 144 valence electrons. The molecule has 2 aromatic carbocycles. The third-order valence-electron chi connectivity index (χ3n) is 5.51. The van der Waals surface area contributed by atoms with Crippen molar-refractivity contribution in [3.8, 4) is 5.75 Å². The molecule has 1 N–H and O–H groups in total. The van der Waals surface area contributed by atoms with Gasteiger partial charge in [0.15, 0.2) is 6.10 Å². The highest BCUT2D eigenvalue weighted by Crippen LogP contribution is 2.26. The Morgan fingerprint density at radius 1 is 1.04 bits per heavy atom. The summed E-state index contributed by atoms with van der Waals surface area (Å²) in [5, 5.41) is 3.10. The Morgan fingerprint density at radius 3 is 2.41 bits per heavy atom. The van der Waals surface area contributed by atoms with Gasteiger partial charge < -0.3 is 10.1 Å². The number of amides is 1. The zero-order valence-corrected chi connectivity index (χ0v) is 16.8. The summed E-state index contributed by atoms with van der Waals surface area (Å²) >= 11 is 0. The minimum absolute atomic E-state index is 0.0374. The topological polar surface area (TPSA) is 38.3 Å². The maximum absolute atomic E-state index is 12.7. The molecule has 3 rings (SSSR count). The molecule has 27 heavy (non-hydrogen) atoms. The van der Waals surface area contributed by atoms with Gasteiger partial charge in [0, 0.05) is 0 Å². The predicted octanol–water partition coefficient (Wildman–Crippen LogP) is 5.16. The fourth-order valence-corrected chi connectivity index (χ4v) is 3.70. The Bertz CT molecular complexity index is 766. The van der Waals surface area contributed by atoms with Gasteiger partial charge in [0.1, 0.15) is 5.75 Å². The average Bonchev–Trinajstić information content (AvgIpc) is 2.71. The van der Waals surface area contributed by atoms with Gasteiger partial charge in [0.25, 0.3) is 5.91 Å². The molecule has 0 saturated heterocycles. The lowest BCUT2D eigenvalue weighted by atomic mass is 9.92. The van der Waals surface area contributed by atoms with E-state index in [1.165, 1.54) is 29.5 Å². The molecule has 3 nitrogen and oxygen atoms in total. The smallest absolute Gasteiger partial charge is 0.261 e. The van der Waals surface area contributed by atoms with Crippen LogP contribution in [0.5, 0.6) is 5.75 Å². The van der Waals surface area contributed by atoms with Crippen molar-refractivity contribution in [3.05, 3.63) is 64.7 Å².